The minimum absolute atomic E-state index is 0.856. The third kappa shape index (κ3) is 3.54. The molecular weight excluding hydrogens is 310 g/mol. The van der Waals surface area contributed by atoms with E-state index < -0.39 is 0 Å². The van der Waals surface area contributed by atoms with Gasteiger partial charge in [0.25, 0.3) is 0 Å². The molecule has 0 unspecified atom stereocenters. The zero-order chi connectivity index (χ0) is 13.0. The van der Waals surface area contributed by atoms with Crippen molar-refractivity contribution in [1.82, 2.24) is 10.3 Å². The highest BCUT2D eigenvalue weighted by Crippen LogP contribution is 2.22. The van der Waals surface area contributed by atoms with Crippen molar-refractivity contribution in [2.45, 2.75) is 13.1 Å². The van der Waals surface area contributed by atoms with Crippen molar-refractivity contribution in [2.75, 3.05) is 19.0 Å². The molecule has 0 aliphatic heterocycles. The van der Waals surface area contributed by atoms with Crippen molar-refractivity contribution in [3.63, 3.8) is 0 Å². The van der Waals surface area contributed by atoms with Gasteiger partial charge in [-0.3, -0.25) is 0 Å². The predicted octanol–water partition coefficient (Wildman–Crippen LogP) is 3.26. The quantitative estimate of drug-likeness (QED) is 0.914. The van der Waals surface area contributed by atoms with Crippen LogP contribution < -0.4 is 10.2 Å². The zero-order valence-corrected chi connectivity index (χ0v) is 12.9. The summed E-state index contributed by atoms with van der Waals surface area (Å²) in [6, 6.07) is 6.32. The van der Waals surface area contributed by atoms with Gasteiger partial charge in [0.05, 0.1) is 6.54 Å². The van der Waals surface area contributed by atoms with Crippen LogP contribution in [0.25, 0.3) is 0 Å². The van der Waals surface area contributed by atoms with Crippen LogP contribution in [0, 0.1) is 0 Å². The molecule has 3 nitrogen and oxygen atoms in total. The van der Waals surface area contributed by atoms with Gasteiger partial charge in [-0.2, -0.15) is 0 Å². The van der Waals surface area contributed by atoms with Crippen molar-refractivity contribution >= 4 is 33.1 Å². The number of hydrogen-bond acceptors (Lipinski definition) is 4. The Morgan fingerprint density at radius 1 is 1.44 bits per heavy atom. The first kappa shape index (κ1) is 13.5. The Labute approximate surface area is 120 Å². The molecule has 2 rings (SSSR count). The van der Waals surface area contributed by atoms with Crippen LogP contribution >= 0.6 is 27.3 Å². The van der Waals surface area contributed by atoms with E-state index in [-0.39, 0.29) is 0 Å². The number of halogens is 1. The van der Waals surface area contributed by atoms with E-state index in [2.05, 4.69) is 61.8 Å². The van der Waals surface area contributed by atoms with Gasteiger partial charge in [0, 0.05) is 34.5 Å². The molecule has 0 amide bonds. The van der Waals surface area contributed by atoms with Gasteiger partial charge < -0.3 is 10.2 Å². The van der Waals surface area contributed by atoms with Gasteiger partial charge >= 0.3 is 0 Å². The number of aromatic nitrogens is 1. The number of hydrogen-bond donors (Lipinski definition) is 1. The fourth-order valence-electron chi connectivity index (χ4n) is 1.70. The van der Waals surface area contributed by atoms with Crippen LogP contribution in [-0.2, 0) is 13.1 Å². The lowest BCUT2D eigenvalue weighted by Crippen LogP contribution is -2.17. The molecule has 5 heteroatoms. The van der Waals surface area contributed by atoms with E-state index in [1.807, 2.05) is 13.2 Å². The zero-order valence-electron chi connectivity index (χ0n) is 10.5. The fraction of sp³-hybridized carbons (Fsp3) is 0.308. The maximum atomic E-state index is 4.48. The molecule has 2 aromatic heterocycles. The van der Waals surface area contributed by atoms with Crippen LogP contribution in [0.5, 0.6) is 0 Å². The van der Waals surface area contributed by atoms with E-state index >= 15 is 0 Å². The third-order valence-corrected chi connectivity index (χ3v) is 4.28. The maximum absolute atomic E-state index is 4.48. The number of pyridine rings is 1. The molecule has 2 heterocycles. The molecule has 0 bridgehead atoms. The fourth-order valence-corrected chi connectivity index (χ4v) is 3.21. The van der Waals surface area contributed by atoms with E-state index in [4.69, 9.17) is 0 Å². The molecule has 0 aliphatic rings. The number of rotatable bonds is 5. The van der Waals surface area contributed by atoms with Gasteiger partial charge in [-0.25, -0.2) is 4.98 Å². The first-order valence-corrected chi connectivity index (χ1v) is 7.40. The maximum Gasteiger partial charge on any atom is 0.128 e. The first-order chi connectivity index (χ1) is 8.69. The number of anilines is 1. The molecule has 0 aromatic carbocycles. The van der Waals surface area contributed by atoms with Crippen LogP contribution in [0.4, 0.5) is 5.82 Å². The summed E-state index contributed by atoms with van der Waals surface area (Å²) in [5, 5.41) is 5.22. The Morgan fingerprint density at radius 3 is 2.83 bits per heavy atom. The molecule has 0 spiro atoms. The van der Waals surface area contributed by atoms with Gasteiger partial charge in [0.15, 0.2) is 0 Å². The minimum Gasteiger partial charge on any atom is -0.355 e. The molecule has 2 aromatic rings. The Morgan fingerprint density at radius 2 is 2.28 bits per heavy atom. The first-order valence-electron chi connectivity index (χ1n) is 5.72. The van der Waals surface area contributed by atoms with E-state index in [0.29, 0.717) is 0 Å². The van der Waals surface area contributed by atoms with Gasteiger partial charge in [0.1, 0.15) is 5.82 Å². The van der Waals surface area contributed by atoms with Crippen LogP contribution in [0.1, 0.15) is 10.4 Å². The summed E-state index contributed by atoms with van der Waals surface area (Å²) in [4.78, 5) is 7.96. The second-order valence-electron chi connectivity index (χ2n) is 4.14. The van der Waals surface area contributed by atoms with Crippen molar-refractivity contribution in [3.8, 4) is 0 Å². The largest absolute Gasteiger partial charge is 0.355 e. The summed E-state index contributed by atoms with van der Waals surface area (Å²) in [5.74, 6) is 0.999. The standard InChI is InChI=1S/C13H16BrN3S/c1-15-6-10-3-4-13(16-7-10)17(2)8-12-5-11(14)9-18-12/h3-5,7,9,15H,6,8H2,1-2H3. The molecular formula is C13H16BrN3S. The molecule has 0 saturated heterocycles. The topological polar surface area (TPSA) is 28.2 Å². The molecule has 0 atom stereocenters. The Hall–Kier alpha value is -0.910. The van der Waals surface area contributed by atoms with Crippen LogP contribution in [0.2, 0.25) is 0 Å². The molecule has 96 valence electrons. The Kier molecular flexibility index (Phi) is 4.74. The smallest absolute Gasteiger partial charge is 0.128 e. The average molecular weight is 326 g/mol. The molecule has 0 fully saturated rings. The highest BCUT2D eigenvalue weighted by Gasteiger charge is 2.05. The summed E-state index contributed by atoms with van der Waals surface area (Å²) >= 11 is 5.23. The Bertz CT molecular complexity index is 495. The summed E-state index contributed by atoms with van der Waals surface area (Å²) in [7, 11) is 4.00. The normalized spacial score (nSPS) is 10.6. The molecule has 1 N–H and O–H groups in total. The van der Waals surface area contributed by atoms with Gasteiger partial charge in [0.2, 0.25) is 0 Å². The minimum atomic E-state index is 0.856. The summed E-state index contributed by atoms with van der Waals surface area (Å²) < 4.78 is 1.15. The monoisotopic (exact) mass is 325 g/mol. The predicted molar refractivity (Wildman–Crippen MR) is 81.1 cm³/mol. The van der Waals surface area contributed by atoms with Crippen LogP contribution in [0.3, 0.4) is 0 Å². The van der Waals surface area contributed by atoms with E-state index in [1.54, 1.807) is 11.3 Å². The second kappa shape index (κ2) is 6.31. The van der Waals surface area contributed by atoms with E-state index in [0.717, 1.165) is 23.4 Å². The third-order valence-electron chi connectivity index (χ3n) is 2.60. The SMILES string of the molecule is CNCc1ccc(N(C)Cc2cc(Br)cs2)nc1. The molecule has 0 aliphatic carbocycles. The van der Waals surface area contributed by atoms with Gasteiger partial charge in [-0.15, -0.1) is 11.3 Å². The van der Waals surface area contributed by atoms with Crippen LogP contribution in [0.15, 0.2) is 34.2 Å². The van der Waals surface area contributed by atoms with Gasteiger partial charge in [-0.1, -0.05) is 6.07 Å². The van der Waals surface area contributed by atoms with Crippen LogP contribution in [-0.4, -0.2) is 19.1 Å². The lowest BCUT2D eigenvalue weighted by Gasteiger charge is -2.17. The van der Waals surface area contributed by atoms with Crippen molar-refractivity contribution < 1.29 is 0 Å². The van der Waals surface area contributed by atoms with E-state index in [9.17, 15) is 0 Å². The molecule has 0 saturated carbocycles. The lowest BCUT2D eigenvalue weighted by molar-refractivity contribution is 0.810. The molecule has 18 heavy (non-hydrogen) atoms. The van der Waals surface area contributed by atoms with Crippen molar-refractivity contribution in [1.29, 1.82) is 0 Å². The second-order valence-corrected chi connectivity index (χ2v) is 6.05. The summed E-state index contributed by atoms with van der Waals surface area (Å²) in [5.41, 5.74) is 1.20. The molecule has 0 radical (unpaired) electrons. The lowest BCUT2D eigenvalue weighted by atomic mass is 10.3. The summed E-state index contributed by atoms with van der Waals surface area (Å²) in [6.07, 6.45) is 1.92. The number of nitrogens with zero attached hydrogens (tertiary/aromatic N) is 2. The van der Waals surface area contributed by atoms with Crippen molar-refractivity contribution in [3.05, 3.63) is 44.7 Å². The van der Waals surface area contributed by atoms with Crippen molar-refractivity contribution in [2.24, 2.45) is 0 Å². The average Bonchev–Trinajstić information content (AvgIpc) is 2.76. The van der Waals surface area contributed by atoms with E-state index in [1.165, 1.54) is 10.4 Å². The summed E-state index contributed by atoms with van der Waals surface area (Å²) in [6.45, 7) is 1.74. The Balaban J connectivity index is 2.02. The van der Waals surface area contributed by atoms with Gasteiger partial charge in [-0.05, 0) is 40.7 Å². The highest BCUT2D eigenvalue weighted by molar-refractivity contribution is 9.10. The number of thiophene rings is 1. The number of nitrogens with one attached hydrogen (secondary N) is 1. The highest BCUT2D eigenvalue weighted by atomic mass is 79.9.